The van der Waals surface area contributed by atoms with Crippen molar-refractivity contribution in [1.82, 2.24) is 0 Å². The Labute approximate surface area is 81.3 Å². The van der Waals surface area contributed by atoms with Crippen LogP contribution in [0.25, 0.3) is 0 Å². The molecule has 0 atom stereocenters. The minimum atomic E-state index is -0.669. The summed E-state index contributed by atoms with van der Waals surface area (Å²) in [6, 6.07) is 0. The summed E-state index contributed by atoms with van der Waals surface area (Å²) in [7, 11) is 0. The summed E-state index contributed by atoms with van der Waals surface area (Å²) in [6.45, 7) is 6.61. The highest BCUT2D eigenvalue weighted by Crippen LogP contribution is 2.35. The Morgan fingerprint density at radius 1 is 1.15 bits per heavy atom. The number of hydrogen-bond donors (Lipinski definition) is 1. The van der Waals surface area contributed by atoms with Gasteiger partial charge >= 0.3 is 5.97 Å². The highest BCUT2D eigenvalue weighted by molar-refractivity contribution is 5.66. The fraction of sp³-hybridized carbons (Fsp3) is 0.909. The zero-order chi connectivity index (χ0) is 10.3. The lowest BCUT2D eigenvalue weighted by atomic mass is 9.76. The van der Waals surface area contributed by atoms with Gasteiger partial charge in [-0.1, -0.05) is 40.0 Å². The van der Waals surface area contributed by atoms with E-state index in [2.05, 4.69) is 20.8 Å². The van der Waals surface area contributed by atoms with Crippen molar-refractivity contribution in [2.75, 3.05) is 0 Å². The van der Waals surface area contributed by atoms with Crippen molar-refractivity contribution in [3.8, 4) is 0 Å². The molecule has 0 saturated heterocycles. The van der Waals surface area contributed by atoms with E-state index in [9.17, 15) is 4.79 Å². The van der Waals surface area contributed by atoms with E-state index in [4.69, 9.17) is 5.11 Å². The Kier molecular flexibility index (Phi) is 5.76. The Morgan fingerprint density at radius 2 is 1.62 bits per heavy atom. The third-order valence-electron chi connectivity index (χ3n) is 3.35. The molecule has 2 nitrogen and oxygen atoms in total. The van der Waals surface area contributed by atoms with E-state index < -0.39 is 5.97 Å². The first-order valence-corrected chi connectivity index (χ1v) is 5.32. The van der Waals surface area contributed by atoms with E-state index in [1.54, 1.807) is 0 Å². The van der Waals surface area contributed by atoms with E-state index in [-0.39, 0.29) is 0 Å². The van der Waals surface area contributed by atoms with Crippen LogP contribution in [0.5, 0.6) is 0 Å². The molecule has 78 valence electrons. The third-order valence-corrected chi connectivity index (χ3v) is 3.35. The first-order chi connectivity index (χ1) is 6.10. The first kappa shape index (κ1) is 12.5. The molecule has 0 amide bonds. The normalized spacial score (nSPS) is 11.6. The van der Waals surface area contributed by atoms with Crippen molar-refractivity contribution in [1.29, 1.82) is 0 Å². The summed E-state index contributed by atoms with van der Waals surface area (Å²) in [6.07, 6.45) is 5.70. The van der Waals surface area contributed by atoms with E-state index >= 15 is 0 Å². The molecule has 0 rings (SSSR count). The fourth-order valence-corrected chi connectivity index (χ4v) is 1.89. The number of carboxylic acid groups (broad SMARTS) is 1. The van der Waals surface area contributed by atoms with Gasteiger partial charge in [-0.15, -0.1) is 0 Å². The summed E-state index contributed by atoms with van der Waals surface area (Å²) in [5, 5.41) is 8.53. The van der Waals surface area contributed by atoms with Crippen molar-refractivity contribution in [2.45, 2.75) is 59.3 Å². The number of hydrogen-bond acceptors (Lipinski definition) is 1. The second kappa shape index (κ2) is 6.01. The molecule has 0 aromatic carbocycles. The van der Waals surface area contributed by atoms with Crippen molar-refractivity contribution in [2.24, 2.45) is 5.41 Å². The molecule has 0 unspecified atom stereocenters. The summed E-state index contributed by atoms with van der Waals surface area (Å²) >= 11 is 0. The van der Waals surface area contributed by atoms with E-state index in [1.165, 1.54) is 19.3 Å². The molecule has 0 bridgehead atoms. The molecule has 0 spiro atoms. The van der Waals surface area contributed by atoms with Gasteiger partial charge in [0.1, 0.15) is 0 Å². The van der Waals surface area contributed by atoms with E-state index in [0.29, 0.717) is 11.8 Å². The molecule has 0 saturated carbocycles. The molecule has 0 aliphatic carbocycles. The monoisotopic (exact) mass is 186 g/mol. The smallest absolute Gasteiger partial charge is 0.303 e. The molecule has 0 fully saturated rings. The molecule has 0 aliphatic heterocycles. The van der Waals surface area contributed by atoms with Crippen molar-refractivity contribution >= 4 is 5.97 Å². The number of rotatable bonds is 7. The third kappa shape index (κ3) is 4.30. The van der Waals surface area contributed by atoms with Gasteiger partial charge in [0, 0.05) is 6.42 Å². The second-order valence-electron chi connectivity index (χ2n) is 3.81. The molecule has 0 aromatic heterocycles. The summed E-state index contributed by atoms with van der Waals surface area (Å²) in [5.74, 6) is -0.669. The van der Waals surface area contributed by atoms with Gasteiger partial charge in [0.25, 0.3) is 0 Å². The summed E-state index contributed by atoms with van der Waals surface area (Å²) < 4.78 is 0. The van der Waals surface area contributed by atoms with Gasteiger partial charge in [0.05, 0.1) is 0 Å². The standard InChI is InChI=1S/C11H22O2/c1-4-11(5-2,6-3)9-7-8-10(12)13/h4-9H2,1-3H3,(H,12,13). The summed E-state index contributed by atoms with van der Waals surface area (Å²) in [5.41, 5.74) is 0.398. The van der Waals surface area contributed by atoms with Crippen LogP contribution in [0.4, 0.5) is 0 Å². The van der Waals surface area contributed by atoms with Gasteiger partial charge in [0.15, 0.2) is 0 Å². The Hall–Kier alpha value is -0.530. The van der Waals surface area contributed by atoms with Crippen LogP contribution in [0.1, 0.15) is 59.3 Å². The molecule has 0 aromatic rings. The van der Waals surface area contributed by atoms with Gasteiger partial charge in [-0.2, -0.15) is 0 Å². The van der Waals surface area contributed by atoms with Crippen LogP contribution in [0, 0.1) is 5.41 Å². The van der Waals surface area contributed by atoms with Gasteiger partial charge < -0.3 is 5.11 Å². The molecule has 0 heterocycles. The van der Waals surface area contributed by atoms with Crippen LogP contribution in [0.3, 0.4) is 0 Å². The lowest BCUT2D eigenvalue weighted by Crippen LogP contribution is -2.17. The number of aliphatic carboxylic acids is 1. The van der Waals surface area contributed by atoms with E-state index in [1.807, 2.05) is 0 Å². The van der Waals surface area contributed by atoms with Gasteiger partial charge in [0.2, 0.25) is 0 Å². The van der Waals surface area contributed by atoms with Crippen LogP contribution < -0.4 is 0 Å². The minimum absolute atomic E-state index is 0.321. The lowest BCUT2D eigenvalue weighted by molar-refractivity contribution is -0.137. The molecular weight excluding hydrogens is 164 g/mol. The van der Waals surface area contributed by atoms with Crippen molar-refractivity contribution in [3.63, 3.8) is 0 Å². The molecule has 13 heavy (non-hydrogen) atoms. The average molecular weight is 186 g/mol. The largest absolute Gasteiger partial charge is 0.481 e. The second-order valence-corrected chi connectivity index (χ2v) is 3.81. The first-order valence-electron chi connectivity index (χ1n) is 5.32. The fourth-order valence-electron chi connectivity index (χ4n) is 1.89. The highest BCUT2D eigenvalue weighted by atomic mass is 16.4. The number of carboxylic acids is 1. The lowest BCUT2D eigenvalue weighted by Gasteiger charge is -2.30. The van der Waals surface area contributed by atoms with E-state index in [0.717, 1.165) is 12.8 Å². The SMILES string of the molecule is CCC(CC)(CC)CCCC(=O)O. The molecular formula is C11H22O2. The van der Waals surface area contributed by atoms with Crippen LogP contribution in [-0.2, 0) is 4.79 Å². The molecule has 0 aliphatic rings. The predicted molar refractivity (Wildman–Crippen MR) is 54.8 cm³/mol. The highest BCUT2D eigenvalue weighted by Gasteiger charge is 2.23. The van der Waals surface area contributed by atoms with Crippen LogP contribution in [0.2, 0.25) is 0 Å². The zero-order valence-electron chi connectivity index (χ0n) is 9.10. The van der Waals surface area contributed by atoms with Crippen LogP contribution in [0.15, 0.2) is 0 Å². The maximum absolute atomic E-state index is 10.4. The maximum atomic E-state index is 10.4. The zero-order valence-corrected chi connectivity index (χ0v) is 9.10. The van der Waals surface area contributed by atoms with Gasteiger partial charge in [-0.3, -0.25) is 4.79 Å². The maximum Gasteiger partial charge on any atom is 0.303 e. The van der Waals surface area contributed by atoms with Crippen LogP contribution in [-0.4, -0.2) is 11.1 Å². The number of carbonyl (C=O) groups is 1. The van der Waals surface area contributed by atoms with Crippen LogP contribution >= 0.6 is 0 Å². The predicted octanol–water partition coefficient (Wildman–Crippen LogP) is 3.46. The average Bonchev–Trinajstić information content (AvgIpc) is 2.13. The van der Waals surface area contributed by atoms with Gasteiger partial charge in [-0.25, -0.2) is 0 Å². The van der Waals surface area contributed by atoms with Gasteiger partial charge in [-0.05, 0) is 18.3 Å². The topological polar surface area (TPSA) is 37.3 Å². The molecule has 2 heteroatoms. The van der Waals surface area contributed by atoms with Crippen molar-refractivity contribution < 1.29 is 9.90 Å². The van der Waals surface area contributed by atoms with Crippen molar-refractivity contribution in [3.05, 3.63) is 0 Å². The molecule has 0 radical (unpaired) electrons. The minimum Gasteiger partial charge on any atom is -0.481 e. The quantitative estimate of drug-likeness (QED) is 0.661. The molecule has 1 N–H and O–H groups in total. The Bertz CT molecular complexity index is 140. The Balaban J connectivity index is 3.88. The Morgan fingerprint density at radius 3 is 1.92 bits per heavy atom. The summed E-state index contributed by atoms with van der Waals surface area (Å²) in [4.78, 5) is 10.4.